The van der Waals surface area contributed by atoms with Gasteiger partial charge in [-0.3, -0.25) is 4.79 Å². The van der Waals surface area contributed by atoms with Gasteiger partial charge in [-0.1, -0.05) is 0 Å². The normalized spacial score (nSPS) is 9.43. The summed E-state index contributed by atoms with van der Waals surface area (Å²) in [5, 5.41) is 8.42. The third-order valence-corrected chi connectivity index (χ3v) is 1.93. The number of hydrogen-bond donors (Lipinski definition) is 0. The molecule has 0 aromatic carbocycles. The third-order valence-electron chi connectivity index (χ3n) is 1.93. The summed E-state index contributed by atoms with van der Waals surface area (Å²) in [4.78, 5) is 13.3. The minimum Gasteiger partial charge on any atom is -0.472 e. The fourth-order valence-corrected chi connectivity index (χ4v) is 1.16. The Kier molecular flexibility index (Phi) is 3.74. The van der Waals surface area contributed by atoms with E-state index in [0.717, 1.165) is 0 Å². The molecule has 0 radical (unpaired) electrons. The van der Waals surface area contributed by atoms with Crippen molar-refractivity contribution in [3.05, 3.63) is 24.2 Å². The van der Waals surface area contributed by atoms with Crippen molar-refractivity contribution in [2.75, 3.05) is 13.1 Å². The molecule has 0 saturated heterocycles. The maximum Gasteiger partial charge on any atom is 0.257 e. The Morgan fingerprint density at radius 3 is 3.00 bits per heavy atom. The van der Waals surface area contributed by atoms with Gasteiger partial charge in [-0.2, -0.15) is 5.26 Å². The minimum absolute atomic E-state index is 0.0866. The number of rotatable bonds is 4. The first-order valence-electron chi connectivity index (χ1n) is 4.48. The van der Waals surface area contributed by atoms with Gasteiger partial charge in [-0.15, -0.1) is 0 Å². The molecule has 0 fully saturated rings. The van der Waals surface area contributed by atoms with Crippen LogP contribution in [-0.4, -0.2) is 23.9 Å². The quantitative estimate of drug-likeness (QED) is 0.728. The SMILES string of the molecule is CCN(CCC#N)C(=O)c1ccoc1. The lowest BCUT2D eigenvalue weighted by Gasteiger charge is -2.18. The van der Waals surface area contributed by atoms with Gasteiger partial charge in [0.05, 0.1) is 24.3 Å². The van der Waals surface area contributed by atoms with E-state index < -0.39 is 0 Å². The molecule has 1 aromatic rings. The summed E-state index contributed by atoms with van der Waals surface area (Å²) < 4.78 is 4.82. The number of furan rings is 1. The van der Waals surface area contributed by atoms with Crippen molar-refractivity contribution in [2.45, 2.75) is 13.3 Å². The highest BCUT2D eigenvalue weighted by Gasteiger charge is 2.14. The van der Waals surface area contributed by atoms with E-state index in [-0.39, 0.29) is 5.91 Å². The van der Waals surface area contributed by atoms with Crippen LogP contribution in [0.1, 0.15) is 23.7 Å². The van der Waals surface area contributed by atoms with Crippen LogP contribution in [0.3, 0.4) is 0 Å². The molecule has 1 heterocycles. The summed E-state index contributed by atoms with van der Waals surface area (Å²) in [6.07, 6.45) is 3.24. The molecule has 0 saturated carbocycles. The number of nitriles is 1. The topological polar surface area (TPSA) is 57.2 Å². The van der Waals surface area contributed by atoms with Crippen LogP contribution in [0.5, 0.6) is 0 Å². The van der Waals surface area contributed by atoms with E-state index >= 15 is 0 Å². The maximum absolute atomic E-state index is 11.7. The average Bonchev–Trinajstić information content (AvgIpc) is 2.71. The second-order valence-electron chi connectivity index (χ2n) is 2.80. The summed E-state index contributed by atoms with van der Waals surface area (Å²) >= 11 is 0. The van der Waals surface area contributed by atoms with Crippen LogP contribution in [0.2, 0.25) is 0 Å². The van der Waals surface area contributed by atoms with Crippen LogP contribution in [-0.2, 0) is 0 Å². The summed E-state index contributed by atoms with van der Waals surface area (Å²) in [6.45, 7) is 2.96. The zero-order chi connectivity index (χ0) is 10.4. The second kappa shape index (κ2) is 5.07. The predicted octanol–water partition coefficient (Wildman–Crippen LogP) is 1.66. The summed E-state index contributed by atoms with van der Waals surface area (Å²) in [5.41, 5.74) is 0.532. The lowest BCUT2D eigenvalue weighted by Crippen LogP contribution is -2.31. The first-order valence-corrected chi connectivity index (χ1v) is 4.48. The van der Waals surface area contributed by atoms with Crippen molar-refractivity contribution in [1.82, 2.24) is 4.90 Å². The van der Waals surface area contributed by atoms with E-state index in [4.69, 9.17) is 9.68 Å². The van der Waals surface area contributed by atoms with Crippen molar-refractivity contribution in [2.24, 2.45) is 0 Å². The van der Waals surface area contributed by atoms with Crippen LogP contribution < -0.4 is 0 Å². The molecule has 0 spiro atoms. The number of amides is 1. The summed E-state index contributed by atoms with van der Waals surface area (Å²) in [5.74, 6) is -0.0866. The van der Waals surface area contributed by atoms with Crippen molar-refractivity contribution in [3.63, 3.8) is 0 Å². The van der Waals surface area contributed by atoms with Crippen molar-refractivity contribution in [3.8, 4) is 6.07 Å². The predicted molar refractivity (Wildman–Crippen MR) is 50.5 cm³/mol. The van der Waals surface area contributed by atoms with Gasteiger partial charge in [0, 0.05) is 13.1 Å². The largest absolute Gasteiger partial charge is 0.472 e. The van der Waals surface area contributed by atoms with Gasteiger partial charge in [-0.05, 0) is 13.0 Å². The van der Waals surface area contributed by atoms with E-state index in [1.165, 1.54) is 12.5 Å². The summed E-state index contributed by atoms with van der Waals surface area (Å²) in [6, 6.07) is 3.64. The molecular weight excluding hydrogens is 180 g/mol. The monoisotopic (exact) mass is 192 g/mol. The highest BCUT2D eigenvalue weighted by molar-refractivity contribution is 5.93. The van der Waals surface area contributed by atoms with Gasteiger partial charge in [0.25, 0.3) is 5.91 Å². The van der Waals surface area contributed by atoms with E-state index in [2.05, 4.69) is 0 Å². The van der Waals surface area contributed by atoms with Crippen LogP contribution in [0.4, 0.5) is 0 Å². The van der Waals surface area contributed by atoms with Gasteiger partial charge in [0.2, 0.25) is 0 Å². The molecule has 0 unspecified atom stereocenters. The molecule has 14 heavy (non-hydrogen) atoms. The van der Waals surface area contributed by atoms with E-state index in [9.17, 15) is 4.79 Å². The van der Waals surface area contributed by atoms with Crippen LogP contribution in [0, 0.1) is 11.3 Å². The molecular formula is C10H12N2O2. The highest BCUT2D eigenvalue weighted by atomic mass is 16.3. The maximum atomic E-state index is 11.7. The fourth-order valence-electron chi connectivity index (χ4n) is 1.16. The molecule has 0 atom stereocenters. The van der Waals surface area contributed by atoms with Crippen LogP contribution >= 0.6 is 0 Å². The minimum atomic E-state index is -0.0866. The van der Waals surface area contributed by atoms with Gasteiger partial charge in [0.15, 0.2) is 0 Å². The molecule has 0 N–H and O–H groups in total. The molecule has 0 aliphatic rings. The Labute approximate surface area is 82.7 Å². The first-order chi connectivity index (χ1) is 6.79. The lowest BCUT2D eigenvalue weighted by molar-refractivity contribution is 0.0767. The molecule has 1 amide bonds. The molecule has 0 aliphatic carbocycles. The van der Waals surface area contributed by atoms with Gasteiger partial charge >= 0.3 is 0 Å². The Morgan fingerprint density at radius 1 is 1.71 bits per heavy atom. The smallest absolute Gasteiger partial charge is 0.257 e. The highest BCUT2D eigenvalue weighted by Crippen LogP contribution is 2.05. The van der Waals surface area contributed by atoms with Crippen molar-refractivity contribution in [1.29, 1.82) is 5.26 Å². The molecule has 4 nitrogen and oxygen atoms in total. The lowest BCUT2D eigenvalue weighted by atomic mass is 10.3. The average molecular weight is 192 g/mol. The molecule has 0 aliphatic heterocycles. The molecule has 1 rings (SSSR count). The zero-order valence-corrected chi connectivity index (χ0v) is 8.06. The standard InChI is InChI=1S/C10H12N2O2/c1-2-12(6-3-5-11)10(13)9-4-7-14-8-9/h4,7-8H,2-3,6H2,1H3. The second-order valence-corrected chi connectivity index (χ2v) is 2.80. The van der Waals surface area contributed by atoms with E-state index in [0.29, 0.717) is 25.1 Å². The van der Waals surface area contributed by atoms with Gasteiger partial charge < -0.3 is 9.32 Å². The zero-order valence-electron chi connectivity index (χ0n) is 8.06. The van der Waals surface area contributed by atoms with E-state index in [1.807, 2.05) is 13.0 Å². The Hall–Kier alpha value is -1.76. The molecule has 4 heteroatoms. The molecule has 74 valence electrons. The number of hydrogen-bond acceptors (Lipinski definition) is 3. The fraction of sp³-hybridized carbons (Fsp3) is 0.400. The number of carbonyl (C=O) groups excluding carboxylic acids is 1. The van der Waals surface area contributed by atoms with Crippen molar-refractivity contribution >= 4 is 5.91 Å². The van der Waals surface area contributed by atoms with Crippen molar-refractivity contribution < 1.29 is 9.21 Å². The van der Waals surface area contributed by atoms with Crippen LogP contribution in [0.25, 0.3) is 0 Å². The first kappa shape index (κ1) is 10.3. The number of carbonyl (C=O) groups is 1. The third kappa shape index (κ3) is 2.36. The Balaban J connectivity index is 2.62. The Bertz CT molecular complexity index is 324. The van der Waals surface area contributed by atoms with E-state index in [1.54, 1.807) is 11.0 Å². The molecule has 0 bridgehead atoms. The van der Waals surface area contributed by atoms with Gasteiger partial charge in [-0.25, -0.2) is 0 Å². The Morgan fingerprint density at radius 2 is 2.50 bits per heavy atom. The van der Waals surface area contributed by atoms with Gasteiger partial charge in [0.1, 0.15) is 6.26 Å². The van der Waals surface area contributed by atoms with Crippen LogP contribution in [0.15, 0.2) is 23.0 Å². The molecule has 1 aromatic heterocycles. The summed E-state index contributed by atoms with van der Waals surface area (Å²) in [7, 11) is 0. The number of nitrogens with zero attached hydrogens (tertiary/aromatic N) is 2.